The third kappa shape index (κ3) is 4.75. The molecular formula is C11H16FN3O. The molecule has 0 aromatic heterocycles. The van der Waals surface area contributed by atoms with Gasteiger partial charge in [0.05, 0.1) is 0 Å². The molecule has 0 aliphatic rings. The molecule has 0 unspecified atom stereocenters. The number of halogens is 1. The smallest absolute Gasteiger partial charge is 0.319 e. The lowest BCUT2D eigenvalue weighted by Gasteiger charge is -2.11. The summed E-state index contributed by atoms with van der Waals surface area (Å²) in [5.41, 5.74) is 0.447. The Kier molecular flexibility index (Phi) is 4.72. The fourth-order valence-electron chi connectivity index (χ4n) is 1.13. The van der Waals surface area contributed by atoms with E-state index < -0.39 is 0 Å². The highest BCUT2D eigenvalue weighted by molar-refractivity contribution is 5.89. The van der Waals surface area contributed by atoms with Gasteiger partial charge in [0.1, 0.15) is 5.82 Å². The lowest BCUT2D eigenvalue weighted by atomic mass is 10.3. The van der Waals surface area contributed by atoms with E-state index in [0.29, 0.717) is 12.2 Å². The van der Waals surface area contributed by atoms with Crippen molar-refractivity contribution in [2.24, 2.45) is 0 Å². The van der Waals surface area contributed by atoms with Crippen molar-refractivity contribution in [3.63, 3.8) is 0 Å². The highest BCUT2D eigenvalue weighted by Gasteiger charge is 2.01. The predicted octanol–water partition coefficient (Wildman–Crippen LogP) is 1.51. The van der Waals surface area contributed by atoms with Gasteiger partial charge >= 0.3 is 6.03 Å². The molecule has 4 nitrogen and oxygen atoms in total. The van der Waals surface area contributed by atoms with Crippen LogP contribution in [-0.2, 0) is 0 Å². The first-order chi connectivity index (χ1) is 7.58. The molecule has 0 atom stereocenters. The van der Waals surface area contributed by atoms with E-state index in [9.17, 15) is 9.18 Å². The number of likely N-dealkylation sites (N-methyl/N-ethyl adjacent to an activating group) is 1. The summed E-state index contributed by atoms with van der Waals surface area (Å²) in [5, 5.41) is 5.22. The van der Waals surface area contributed by atoms with Gasteiger partial charge in [-0.1, -0.05) is 6.07 Å². The molecule has 16 heavy (non-hydrogen) atoms. The van der Waals surface area contributed by atoms with Gasteiger partial charge < -0.3 is 15.5 Å². The van der Waals surface area contributed by atoms with E-state index in [4.69, 9.17) is 0 Å². The Morgan fingerprint density at radius 1 is 1.44 bits per heavy atom. The molecule has 0 aliphatic heterocycles. The molecule has 1 rings (SSSR count). The minimum atomic E-state index is -0.369. The maximum Gasteiger partial charge on any atom is 0.319 e. The zero-order chi connectivity index (χ0) is 12.0. The number of amides is 2. The van der Waals surface area contributed by atoms with Crippen LogP contribution in [0, 0.1) is 5.82 Å². The maximum atomic E-state index is 12.8. The number of carbonyl (C=O) groups is 1. The largest absolute Gasteiger partial charge is 0.337 e. The highest BCUT2D eigenvalue weighted by atomic mass is 19.1. The van der Waals surface area contributed by atoms with Crippen LogP contribution in [0.3, 0.4) is 0 Å². The number of anilines is 1. The van der Waals surface area contributed by atoms with Crippen molar-refractivity contribution in [2.75, 3.05) is 32.5 Å². The maximum absolute atomic E-state index is 12.8. The second-order valence-corrected chi connectivity index (χ2v) is 3.69. The summed E-state index contributed by atoms with van der Waals surface area (Å²) < 4.78 is 12.8. The van der Waals surface area contributed by atoms with Gasteiger partial charge in [-0.2, -0.15) is 0 Å². The van der Waals surface area contributed by atoms with Crippen molar-refractivity contribution in [1.29, 1.82) is 0 Å². The first-order valence-corrected chi connectivity index (χ1v) is 5.03. The van der Waals surface area contributed by atoms with Crippen molar-refractivity contribution in [3.05, 3.63) is 30.1 Å². The van der Waals surface area contributed by atoms with Crippen LogP contribution in [-0.4, -0.2) is 38.1 Å². The zero-order valence-corrected chi connectivity index (χ0v) is 9.46. The summed E-state index contributed by atoms with van der Waals surface area (Å²) in [7, 11) is 3.85. The average molecular weight is 225 g/mol. The van der Waals surface area contributed by atoms with Crippen LogP contribution in [0.4, 0.5) is 14.9 Å². The molecule has 0 fully saturated rings. The molecule has 88 valence electrons. The predicted molar refractivity (Wildman–Crippen MR) is 62.0 cm³/mol. The van der Waals surface area contributed by atoms with Gasteiger partial charge in [0.15, 0.2) is 0 Å². The number of nitrogens with one attached hydrogen (secondary N) is 2. The molecule has 1 aromatic carbocycles. The number of carbonyl (C=O) groups excluding carboxylic acids is 1. The summed E-state index contributed by atoms with van der Waals surface area (Å²) >= 11 is 0. The Balaban J connectivity index is 2.34. The molecule has 0 saturated heterocycles. The number of hydrogen-bond acceptors (Lipinski definition) is 2. The first-order valence-electron chi connectivity index (χ1n) is 5.03. The third-order valence-electron chi connectivity index (χ3n) is 1.93. The second-order valence-electron chi connectivity index (χ2n) is 3.69. The molecule has 0 bridgehead atoms. The Bertz CT molecular complexity index is 355. The number of rotatable bonds is 4. The Labute approximate surface area is 94.4 Å². The van der Waals surface area contributed by atoms with E-state index in [1.54, 1.807) is 12.1 Å². The van der Waals surface area contributed by atoms with Crippen LogP contribution in [0.25, 0.3) is 0 Å². The second kappa shape index (κ2) is 6.07. The van der Waals surface area contributed by atoms with E-state index in [0.717, 1.165) is 6.54 Å². The lowest BCUT2D eigenvalue weighted by Crippen LogP contribution is -2.34. The van der Waals surface area contributed by atoms with Crippen molar-refractivity contribution in [1.82, 2.24) is 10.2 Å². The minimum absolute atomic E-state index is 0.326. The van der Waals surface area contributed by atoms with Crippen LogP contribution in [0.5, 0.6) is 0 Å². The van der Waals surface area contributed by atoms with Gasteiger partial charge in [0.25, 0.3) is 0 Å². The van der Waals surface area contributed by atoms with Gasteiger partial charge in [-0.15, -0.1) is 0 Å². The number of nitrogens with zero attached hydrogens (tertiary/aromatic N) is 1. The van der Waals surface area contributed by atoms with Gasteiger partial charge in [0, 0.05) is 18.8 Å². The van der Waals surface area contributed by atoms with Crippen LogP contribution in [0.2, 0.25) is 0 Å². The number of hydrogen-bond donors (Lipinski definition) is 2. The number of benzene rings is 1. The van der Waals surface area contributed by atoms with E-state index in [-0.39, 0.29) is 11.8 Å². The molecule has 2 N–H and O–H groups in total. The molecular weight excluding hydrogens is 209 g/mol. The van der Waals surface area contributed by atoms with Gasteiger partial charge in [0.2, 0.25) is 0 Å². The summed E-state index contributed by atoms with van der Waals surface area (Å²) in [6, 6.07) is 5.45. The van der Waals surface area contributed by atoms with Crippen molar-refractivity contribution in [3.8, 4) is 0 Å². The molecule has 0 heterocycles. The summed E-state index contributed by atoms with van der Waals surface area (Å²) in [5.74, 6) is -0.369. The number of urea groups is 1. The van der Waals surface area contributed by atoms with Crippen LogP contribution in [0.15, 0.2) is 24.3 Å². The van der Waals surface area contributed by atoms with Crippen molar-refractivity contribution >= 4 is 11.7 Å². The van der Waals surface area contributed by atoms with Crippen LogP contribution >= 0.6 is 0 Å². The summed E-state index contributed by atoms with van der Waals surface area (Å²) in [6.45, 7) is 1.31. The standard InChI is InChI=1S/C11H16FN3O/c1-15(2)7-6-13-11(16)14-10-5-3-4-9(12)8-10/h3-5,8H,6-7H2,1-2H3,(H2,13,14,16). The van der Waals surface area contributed by atoms with E-state index in [1.807, 2.05) is 19.0 Å². The van der Waals surface area contributed by atoms with Gasteiger partial charge in [-0.3, -0.25) is 0 Å². The lowest BCUT2D eigenvalue weighted by molar-refractivity contribution is 0.250. The SMILES string of the molecule is CN(C)CCNC(=O)Nc1cccc(F)c1. The van der Waals surface area contributed by atoms with E-state index in [1.165, 1.54) is 12.1 Å². The fraction of sp³-hybridized carbons (Fsp3) is 0.364. The molecule has 2 amide bonds. The first kappa shape index (κ1) is 12.4. The van der Waals surface area contributed by atoms with Gasteiger partial charge in [-0.05, 0) is 32.3 Å². The molecule has 1 aromatic rings. The van der Waals surface area contributed by atoms with Crippen molar-refractivity contribution in [2.45, 2.75) is 0 Å². The normalized spacial score (nSPS) is 10.2. The molecule has 0 spiro atoms. The minimum Gasteiger partial charge on any atom is -0.337 e. The van der Waals surface area contributed by atoms with E-state index in [2.05, 4.69) is 10.6 Å². The van der Waals surface area contributed by atoms with Crippen molar-refractivity contribution < 1.29 is 9.18 Å². The Hall–Kier alpha value is -1.62. The van der Waals surface area contributed by atoms with E-state index >= 15 is 0 Å². The highest BCUT2D eigenvalue weighted by Crippen LogP contribution is 2.08. The molecule has 0 saturated carbocycles. The third-order valence-corrected chi connectivity index (χ3v) is 1.93. The fourth-order valence-corrected chi connectivity index (χ4v) is 1.13. The monoisotopic (exact) mass is 225 g/mol. The Morgan fingerprint density at radius 3 is 2.81 bits per heavy atom. The summed E-state index contributed by atoms with van der Waals surface area (Å²) in [4.78, 5) is 13.3. The Morgan fingerprint density at radius 2 is 2.19 bits per heavy atom. The topological polar surface area (TPSA) is 44.4 Å². The molecule has 0 aliphatic carbocycles. The summed E-state index contributed by atoms with van der Waals surface area (Å²) in [6.07, 6.45) is 0. The zero-order valence-electron chi connectivity index (χ0n) is 9.46. The molecule has 5 heteroatoms. The van der Waals surface area contributed by atoms with Gasteiger partial charge in [-0.25, -0.2) is 9.18 Å². The quantitative estimate of drug-likeness (QED) is 0.815. The van der Waals surface area contributed by atoms with Crippen LogP contribution < -0.4 is 10.6 Å². The average Bonchev–Trinajstić information content (AvgIpc) is 2.16. The van der Waals surface area contributed by atoms with Crippen LogP contribution in [0.1, 0.15) is 0 Å². The molecule has 0 radical (unpaired) electrons.